The van der Waals surface area contributed by atoms with Crippen LogP contribution in [-0.2, 0) is 6.42 Å². The highest BCUT2D eigenvalue weighted by molar-refractivity contribution is 5.98. The van der Waals surface area contributed by atoms with Gasteiger partial charge in [0.25, 0.3) is 0 Å². The maximum absolute atomic E-state index is 13.6. The number of aryl methyl sites for hydroxylation is 2. The molecule has 168 valence electrons. The zero-order chi connectivity index (χ0) is 23.0. The summed E-state index contributed by atoms with van der Waals surface area (Å²) in [5.41, 5.74) is 5.31. The van der Waals surface area contributed by atoms with Crippen molar-refractivity contribution in [1.29, 1.82) is 0 Å². The average Bonchev–Trinajstić information content (AvgIpc) is 3.29. The molecule has 4 heteroatoms. The molecule has 4 rings (SSSR count). The molecule has 1 aromatic heterocycles. The molecule has 1 aliphatic heterocycles. The number of rotatable bonds is 6. The first-order chi connectivity index (χ1) is 15.4. The lowest BCUT2D eigenvalue weighted by atomic mass is 9.79. The number of nitrogens with zero attached hydrogens (tertiary/aromatic N) is 2. The molecule has 0 radical (unpaired) electrons. The SMILES string of the molecule is C=C(C)c1ccc(C2=NCCN2)nc1CCCC1(C)C=C(F)C=CC1.Cc1ccccc1. The van der Waals surface area contributed by atoms with Crippen LogP contribution in [0.1, 0.15) is 55.6 Å². The first-order valence-corrected chi connectivity index (χ1v) is 11.4. The number of hydrogen-bond donors (Lipinski definition) is 1. The minimum Gasteiger partial charge on any atom is -0.367 e. The molecule has 0 spiro atoms. The van der Waals surface area contributed by atoms with Gasteiger partial charge in [-0.1, -0.05) is 61.5 Å². The molecule has 1 aromatic carbocycles. The second-order valence-electron chi connectivity index (χ2n) is 8.93. The van der Waals surface area contributed by atoms with Gasteiger partial charge in [0, 0.05) is 12.2 Å². The molecule has 0 amide bonds. The highest BCUT2D eigenvalue weighted by Crippen LogP contribution is 2.35. The van der Waals surface area contributed by atoms with Gasteiger partial charge in [-0.25, -0.2) is 9.37 Å². The second-order valence-corrected chi connectivity index (χ2v) is 8.93. The summed E-state index contributed by atoms with van der Waals surface area (Å²) in [6.07, 6.45) is 8.89. The van der Waals surface area contributed by atoms with Crippen LogP contribution in [0.5, 0.6) is 0 Å². The lowest BCUT2D eigenvalue weighted by Gasteiger charge is -2.27. The van der Waals surface area contributed by atoms with Crippen molar-refractivity contribution in [1.82, 2.24) is 10.3 Å². The van der Waals surface area contributed by atoms with Crippen molar-refractivity contribution in [3.63, 3.8) is 0 Å². The Bertz CT molecular complexity index is 1020. The van der Waals surface area contributed by atoms with E-state index in [1.807, 2.05) is 37.3 Å². The van der Waals surface area contributed by atoms with Crippen molar-refractivity contribution in [2.45, 2.75) is 46.5 Å². The van der Waals surface area contributed by atoms with E-state index in [9.17, 15) is 4.39 Å². The Labute approximate surface area is 191 Å². The molecule has 0 saturated carbocycles. The van der Waals surface area contributed by atoms with Gasteiger partial charge in [-0.2, -0.15) is 0 Å². The van der Waals surface area contributed by atoms with E-state index in [4.69, 9.17) is 4.98 Å². The van der Waals surface area contributed by atoms with E-state index < -0.39 is 0 Å². The fourth-order valence-corrected chi connectivity index (χ4v) is 4.03. The molecule has 0 fully saturated rings. The number of hydrogen-bond acceptors (Lipinski definition) is 3. The van der Waals surface area contributed by atoms with Crippen LogP contribution in [0.25, 0.3) is 5.57 Å². The van der Waals surface area contributed by atoms with Crippen molar-refractivity contribution in [3.8, 4) is 0 Å². The predicted molar refractivity (Wildman–Crippen MR) is 134 cm³/mol. The van der Waals surface area contributed by atoms with Crippen LogP contribution in [0.4, 0.5) is 4.39 Å². The summed E-state index contributed by atoms with van der Waals surface area (Å²) in [5.74, 6) is 0.755. The molecule has 2 heterocycles. The van der Waals surface area contributed by atoms with Crippen molar-refractivity contribution in [2.24, 2.45) is 10.4 Å². The smallest absolute Gasteiger partial charge is 0.147 e. The van der Waals surface area contributed by atoms with Crippen molar-refractivity contribution >= 4 is 11.4 Å². The number of halogens is 1. The number of benzene rings is 1. The van der Waals surface area contributed by atoms with Gasteiger partial charge in [-0.15, -0.1) is 0 Å². The Kier molecular flexibility index (Phi) is 8.15. The number of nitrogens with one attached hydrogen (secondary N) is 1. The summed E-state index contributed by atoms with van der Waals surface area (Å²) in [4.78, 5) is 9.30. The molecule has 1 atom stereocenters. The summed E-state index contributed by atoms with van der Waals surface area (Å²) >= 11 is 0. The Hall–Kier alpha value is -3.01. The number of pyridine rings is 1. The van der Waals surface area contributed by atoms with Gasteiger partial charge in [0.2, 0.25) is 0 Å². The van der Waals surface area contributed by atoms with Gasteiger partial charge in [-0.05, 0) is 74.3 Å². The number of aromatic nitrogens is 1. The number of allylic oxidation sites excluding steroid dienone is 5. The van der Waals surface area contributed by atoms with Crippen LogP contribution in [0.15, 0.2) is 78.1 Å². The fourth-order valence-electron chi connectivity index (χ4n) is 4.03. The Morgan fingerprint density at radius 3 is 2.56 bits per heavy atom. The van der Waals surface area contributed by atoms with E-state index in [0.29, 0.717) is 0 Å². The normalized spacial score (nSPS) is 19.4. The van der Waals surface area contributed by atoms with Crippen LogP contribution in [0.3, 0.4) is 0 Å². The van der Waals surface area contributed by atoms with Crippen LogP contribution < -0.4 is 5.32 Å². The third kappa shape index (κ3) is 6.74. The van der Waals surface area contributed by atoms with Crippen molar-refractivity contribution in [3.05, 3.63) is 95.6 Å². The first-order valence-electron chi connectivity index (χ1n) is 11.4. The minimum absolute atomic E-state index is 0.100. The third-order valence-electron chi connectivity index (χ3n) is 5.80. The van der Waals surface area contributed by atoms with Crippen molar-refractivity contribution in [2.75, 3.05) is 13.1 Å². The van der Waals surface area contributed by atoms with Gasteiger partial charge in [0.1, 0.15) is 17.4 Å². The molecule has 2 aromatic rings. The molecule has 32 heavy (non-hydrogen) atoms. The maximum atomic E-state index is 13.6. The summed E-state index contributed by atoms with van der Waals surface area (Å²) in [6.45, 7) is 12.0. The minimum atomic E-state index is -0.123. The first kappa shape index (κ1) is 23.6. The van der Waals surface area contributed by atoms with E-state index in [2.05, 4.69) is 48.9 Å². The van der Waals surface area contributed by atoms with Gasteiger partial charge in [0.15, 0.2) is 0 Å². The van der Waals surface area contributed by atoms with Gasteiger partial charge >= 0.3 is 0 Å². The Balaban J connectivity index is 0.000000352. The zero-order valence-corrected chi connectivity index (χ0v) is 19.5. The van der Waals surface area contributed by atoms with E-state index >= 15 is 0 Å². The number of aliphatic imine (C=N–C) groups is 1. The summed E-state index contributed by atoms with van der Waals surface area (Å²) in [5, 5.41) is 3.28. The molecule has 0 saturated heterocycles. The van der Waals surface area contributed by atoms with Crippen LogP contribution in [-0.4, -0.2) is 23.9 Å². The largest absolute Gasteiger partial charge is 0.367 e. The Morgan fingerprint density at radius 1 is 1.19 bits per heavy atom. The van der Waals surface area contributed by atoms with Gasteiger partial charge in [-0.3, -0.25) is 4.99 Å². The predicted octanol–water partition coefficient (Wildman–Crippen LogP) is 6.60. The van der Waals surface area contributed by atoms with Crippen LogP contribution in [0.2, 0.25) is 0 Å². The maximum Gasteiger partial charge on any atom is 0.147 e. The molecule has 1 N–H and O–H groups in total. The zero-order valence-electron chi connectivity index (χ0n) is 19.5. The summed E-state index contributed by atoms with van der Waals surface area (Å²) < 4.78 is 13.6. The quantitative estimate of drug-likeness (QED) is 0.559. The van der Waals surface area contributed by atoms with Gasteiger partial charge in [0.05, 0.1) is 6.54 Å². The van der Waals surface area contributed by atoms with E-state index in [1.54, 1.807) is 12.2 Å². The standard InChI is InChI=1S/C21H26FN3.C7H8/c1-15(2)17-8-9-19(20-23-12-13-24-20)25-18(17)7-5-11-21(3)10-4-6-16(22)14-21;1-7-5-3-2-4-6-7/h4,6,8-9,14H,1,5,7,10-13H2,2-3H3,(H,23,24);2-6H,1H3. The molecule has 3 nitrogen and oxygen atoms in total. The Morgan fingerprint density at radius 2 is 1.97 bits per heavy atom. The highest BCUT2D eigenvalue weighted by Gasteiger charge is 2.23. The van der Waals surface area contributed by atoms with E-state index in [-0.39, 0.29) is 11.2 Å². The molecule has 1 aliphatic carbocycles. The molecule has 1 unspecified atom stereocenters. The monoisotopic (exact) mass is 431 g/mol. The lowest BCUT2D eigenvalue weighted by Crippen LogP contribution is -2.21. The molecular formula is C28H34FN3. The third-order valence-corrected chi connectivity index (χ3v) is 5.80. The molecule has 0 bridgehead atoms. The van der Waals surface area contributed by atoms with Gasteiger partial charge < -0.3 is 5.32 Å². The lowest BCUT2D eigenvalue weighted by molar-refractivity contribution is 0.368. The number of amidine groups is 1. The topological polar surface area (TPSA) is 37.3 Å². The fraction of sp³-hybridized carbons (Fsp3) is 0.357. The summed E-state index contributed by atoms with van der Waals surface area (Å²) in [7, 11) is 0. The molecular weight excluding hydrogens is 397 g/mol. The second kappa shape index (κ2) is 11.0. The van der Waals surface area contributed by atoms with Crippen LogP contribution in [0, 0.1) is 12.3 Å². The van der Waals surface area contributed by atoms with E-state index in [1.165, 1.54) is 5.56 Å². The highest BCUT2D eigenvalue weighted by atomic mass is 19.1. The average molecular weight is 432 g/mol. The van der Waals surface area contributed by atoms with Crippen LogP contribution >= 0.6 is 0 Å². The molecule has 2 aliphatic rings. The van der Waals surface area contributed by atoms with Crippen molar-refractivity contribution < 1.29 is 4.39 Å². The summed E-state index contributed by atoms with van der Waals surface area (Å²) in [6, 6.07) is 14.4. The van der Waals surface area contributed by atoms with E-state index in [0.717, 1.165) is 67.1 Å².